The lowest BCUT2D eigenvalue weighted by molar-refractivity contribution is -0.140. The molecule has 112 valence electrons. The molecule has 0 aliphatic carbocycles. The van der Waals surface area contributed by atoms with Gasteiger partial charge in [0.25, 0.3) is 0 Å². The molecule has 0 radical (unpaired) electrons. The van der Waals surface area contributed by atoms with E-state index >= 15 is 0 Å². The molecule has 1 aromatic heterocycles. The number of carbonyl (C=O) groups is 1. The predicted molar refractivity (Wildman–Crippen MR) is 87.6 cm³/mol. The Kier molecular flexibility index (Phi) is 5.47. The minimum atomic E-state index is -0.364. The smallest absolute Gasteiger partial charge is 0.336 e. The van der Waals surface area contributed by atoms with Crippen molar-refractivity contribution < 1.29 is 13.9 Å². The average molecular weight is 371 g/mol. The van der Waals surface area contributed by atoms with E-state index in [1.54, 1.807) is 17.8 Å². The van der Waals surface area contributed by atoms with Gasteiger partial charge in [0.2, 0.25) is 0 Å². The first-order chi connectivity index (χ1) is 9.99. The molecule has 0 aliphatic rings. The maximum Gasteiger partial charge on any atom is 0.336 e. The van der Waals surface area contributed by atoms with Crippen LogP contribution in [0.4, 0.5) is 0 Å². The molecule has 0 aliphatic heterocycles. The number of ether oxygens (including phenoxy) is 1. The molecule has 1 unspecified atom stereocenters. The van der Waals surface area contributed by atoms with Crippen molar-refractivity contribution in [2.24, 2.45) is 0 Å². The Balaban J connectivity index is 2.18. The summed E-state index contributed by atoms with van der Waals surface area (Å²) in [6.45, 7) is 1.96. The fourth-order valence-electron chi connectivity index (χ4n) is 1.93. The molecular weight excluding hydrogens is 356 g/mol. The number of methoxy groups -OCH3 is 1. The van der Waals surface area contributed by atoms with Crippen LogP contribution in [0.2, 0.25) is 0 Å². The Labute approximate surface area is 135 Å². The zero-order valence-corrected chi connectivity index (χ0v) is 14.1. The monoisotopic (exact) mass is 370 g/mol. The SMILES string of the molecule is COC(=O)CC(C)SCc1cc(=O)oc2cc(Br)ccc12. The maximum absolute atomic E-state index is 11.6. The van der Waals surface area contributed by atoms with Crippen LogP contribution in [0.3, 0.4) is 0 Å². The molecule has 0 spiro atoms. The summed E-state index contributed by atoms with van der Waals surface area (Å²) in [6.07, 6.45) is 0.353. The summed E-state index contributed by atoms with van der Waals surface area (Å²) < 4.78 is 10.7. The number of rotatable bonds is 5. The number of hydrogen-bond acceptors (Lipinski definition) is 5. The normalized spacial score (nSPS) is 12.3. The van der Waals surface area contributed by atoms with Crippen LogP contribution in [0, 0.1) is 0 Å². The Morgan fingerprint density at radius 3 is 2.90 bits per heavy atom. The molecule has 4 nitrogen and oxygen atoms in total. The Hall–Kier alpha value is -1.27. The molecule has 2 rings (SSSR count). The van der Waals surface area contributed by atoms with Gasteiger partial charge in [0.05, 0.1) is 13.5 Å². The molecule has 1 heterocycles. The number of benzene rings is 1. The highest BCUT2D eigenvalue weighted by Crippen LogP contribution is 2.26. The van der Waals surface area contributed by atoms with Gasteiger partial charge in [-0.05, 0) is 23.8 Å². The van der Waals surface area contributed by atoms with Crippen LogP contribution >= 0.6 is 27.7 Å². The first-order valence-corrected chi connectivity index (χ1v) is 8.24. The Bertz CT molecular complexity index is 710. The number of carbonyl (C=O) groups excluding carboxylic acids is 1. The summed E-state index contributed by atoms with van der Waals surface area (Å²) in [5.41, 5.74) is 1.11. The van der Waals surface area contributed by atoms with E-state index in [2.05, 4.69) is 20.7 Å². The zero-order valence-electron chi connectivity index (χ0n) is 11.7. The lowest BCUT2D eigenvalue weighted by Gasteiger charge is -2.11. The van der Waals surface area contributed by atoms with Crippen molar-refractivity contribution in [1.29, 1.82) is 0 Å². The van der Waals surface area contributed by atoms with Crippen molar-refractivity contribution in [2.75, 3.05) is 7.11 Å². The highest BCUT2D eigenvalue weighted by molar-refractivity contribution is 9.10. The van der Waals surface area contributed by atoms with Crippen LogP contribution in [0.15, 0.2) is 37.9 Å². The highest BCUT2D eigenvalue weighted by Gasteiger charge is 2.12. The number of fused-ring (bicyclic) bond motifs is 1. The molecule has 0 fully saturated rings. The Morgan fingerprint density at radius 1 is 1.43 bits per heavy atom. The first-order valence-electron chi connectivity index (χ1n) is 6.40. The summed E-state index contributed by atoms with van der Waals surface area (Å²) in [4.78, 5) is 22.9. The predicted octanol–water partition coefficient (Wildman–Crippen LogP) is 3.74. The summed E-state index contributed by atoms with van der Waals surface area (Å²) in [5, 5.41) is 1.03. The van der Waals surface area contributed by atoms with Gasteiger partial charge in [-0.25, -0.2) is 4.79 Å². The van der Waals surface area contributed by atoms with Crippen molar-refractivity contribution in [3.63, 3.8) is 0 Å². The Morgan fingerprint density at radius 2 is 2.19 bits per heavy atom. The van der Waals surface area contributed by atoms with E-state index < -0.39 is 0 Å². The fraction of sp³-hybridized carbons (Fsp3) is 0.333. The van der Waals surface area contributed by atoms with Crippen LogP contribution in [0.25, 0.3) is 11.0 Å². The molecule has 21 heavy (non-hydrogen) atoms. The van der Waals surface area contributed by atoms with Gasteiger partial charge in [0, 0.05) is 26.9 Å². The maximum atomic E-state index is 11.6. The average Bonchev–Trinajstić information content (AvgIpc) is 2.43. The summed E-state index contributed by atoms with van der Waals surface area (Å²) in [6, 6.07) is 7.12. The van der Waals surface area contributed by atoms with Crippen LogP contribution in [-0.4, -0.2) is 18.3 Å². The van der Waals surface area contributed by atoms with Crippen LogP contribution in [0.1, 0.15) is 18.9 Å². The van der Waals surface area contributed by atoms with Crippen LogP contribution < -0.4 is 5.63 Å². The van der Waals surface area contributed by atoms with Gasteiger partial charge < -0.3 is 9.15 Å². The molecule has 0 N–H and O–H groups in total. The van der Waals surface area contributed by atoms with Gasteiger partial charge >= 0.3 is 11.6 Å². The summed E-state index contributed by atoms with van der Waals surface area (Å²) in [5.74, 6) is 0.415. The second-order valence-corrected chi connectivity index (χ2v) is 6.98. The molecule has 2 aromatic rings. The van der Waals surface area contributed by atoms with E-state index in [0.717, 1.165) is 15.4 Å². The van der Waals surface area contributed by atoms with Crippen LogP contribution in [-0.2, 0) is 15.3 Å². The van der Waals surface area contributed by atoms with Crippen molar-refractivity contribution in [3.05, 3.63) is 44.7 Å². The number of hydrogen-bond donors (Lipinski definition) is 0. The number of esters is 1. The van der Waals surface area contributed by atoms with E-state index in [-0.39, 0.29) is 16.8 Å². The lowest BCUT2D eigenvalue weighted by atomic mass is 10.1. The molecule has 1 atom stereocenters. The summed E-state index contributed by atoms with van der Waals surface area (Å²) >= 11 is 4.97. The van der Waals surface area contributed by atoms with Gasteiger partial charge in [0.15, 0.2) is 0 Å². The molecule has 0 saturated carbocycles. The van der Waals surface area contributed by atoms with E-state index in [4.69, 9.17) is 4.42 Å². The molecule has 0 bridgehead atoms. The number of halogens is 1. The van der Waals surface area contributed by atoms with E-state index in [0.29, 0.717) is 17.8 Å². The lowest BCUT2D eigenvalue weighted by Crippen LogP contribution is -2.09. The van der Waals surface area contributed by atoms with Gasteiger partial charge in [-0.15, -0.1) is 0 Å². The van der Waals surface area contributed by atoms with Crippen molar-refractivity contribution >= 4 is 44.6 Å². The van der Waals surface area contributed by atoms with E-state index in [1.165, 1.54) is 13.2 Å². The largest absolute Gasteiger partial charge is 0.469 e. The third-order valence-corrected chi connectivity index (χ3v) is 4.70. The standard InChI is InChI=1S/C15H15BrO4S/c1-9(5-14(17)19-2)21-8-10-6-15(18)20-13-7-11(16)3-4-12(10)13/h3-4,6-7,9H,5,8H2,1-2H3. The van der Waals surface area contributed by atoms with E-state index in [1.807, 2.05) is 19.1 Å². The number of thioether (sulfide) groups is 1. The second kappa shape index (κ2) is 7.13. The molecule has 6 heteroatoms. The molecule has 1 aromatic carbocycles. The summed E-state index contributed by atoms with van der Waals surface area (Å²) in [7, 11) is 1.38. The quantitative estimate of drug-likeness (QED) is 0.592. The van der Waals surface area contributed by atoms with Gasteiger partial charge in [0.1, 0.15) is 5.58 Å². The molecule has 0 amide bonds. The van der Waals surface area contributed by atoms with Crippen molar-refractivity contribution in [1.82, 2.24) is 0 Å². The zero-order chi connectivity index (χ0) is 15.4. The third kappa shape index (κ3) is 4.35. The third-order valence-electron chi connectivity index (χ3n) is 3.00. The van der Waals surface area contributed by atoms with E-state index in [9.17, 15) is 9.59 Å². The topological polar surface area (TPSA) is 56.5 Å². The van der Waals surface area contributed by atoms with Gasteiger partial charge in [-0.1, -0.05) is 22.9 Å². The highest BCUT2D eigenvalue weighted by atomic mass is 79.9. The van der Waals surface area contributed by atoms with Crippen LogP contribution in [0.5, 0.6) is 0 Å². The minimum Gasteiger partial charge on any atom is -0.469 e. The van der Waals surface area contributed by atoms with Gasteiger partial charge in [-0.3, -0.25) is 4.79 Å². The fourth-order valence-corrected chi connectivity index (χ4v) is 3.23. The van der Waals surface area contributed by atoms with Crippen molar-refractivity contribution in [2.45, 2.75) is 24.3 Å². The molecular formula is C15H15BrO4S. The van der Waals surface area contributed by atoms with Crippen molar-refractivity contribution in [3.8, 4) is 0 Å². The minimum absolute atomic E-state index is 0.121. The first kappa shape index (κ1) is 16.1. The second-order valence-electron chi connectivity index (χ2n) is 4.63. The van der Waals surface area contributed by atoms with Gasteiger partial charge in [-0.2, -0.15) is 11.8 Å². The molecule has 0 saturated heterocycles.